The molecule has 1 heterocycles. The summed E-state index contributed by atoms with van der Waals surface area (Å²) in [6.45, 7) is 0.317. The van der Waals surface area contributed by atoms with Crippen molar-refractivity contribution in [1.82, 2.24) is 5.32 Å². The van der Waals surface area contributed by atoms with E-state index in [1.807, 2.05) is 0 Å². The van der Waals surface area contributed by atoms with Crippen molar-refractivity contribution in [2.45, 2.75) is 12.5 Å². The molecule has 1 N–H and O–H groups in total. The number of hydrogen-bond acceptors (Lipinski definition) is 3. The Kier molecular flexibility index (Phi) is 1.67. The molecule has 1 unspecified atom stereocenters. The van der Waals surface area contributed by atoms with E-state index in [0.29, 0.717) is 13.0 Å². The maximum absolute atomic E-state index is 10.3. The molecule has 0 radical (unpaired) electrons. The highest BCUT2D eigenvalue weighted by Crippen LogP contribution is 1.98. The van der Waals surface area contributed by atoms with Crippen LogP contribution in [0.1, 0.15) is 6.42 Å². The summed E-state index contributed by atoms with van der Waals surface area (Å²) in [5.74, 6) is 0. The zero-order chi connectivity index (χ0) is 6.69. The van der Waals surface area contributed by atoms with Crippen molar-refractivity contribution in [2.75, 3.05) is 6.61 Å². The summed E-state index contributed by atoms with van der Waals surface area (Å²) in [5.41, 5.74) is 0. The molecule has 1 atom stereocenters. The van der Waals surface area contributed by atoms with E-state index in [4.69, 9.17) is 0 Å². The molecule has 0 aromatic heterocycles. The van der Waals surface area contributed by atoms with Crippen molar-refractivity contribution in [3.63, 3.8) is 0 Å². The lowest BCUT2D eigenvalue weighted by Crippen LogP contribution is -2.26. The molecule has 1 aliphatic heterocycles. The van der Waals surface area contributed by atoms with Gasteiger partial charge in [0.25, 0.3) is 0 Å². The largest absolute Gasteiger partial charge is 0.447 e. The maximum atomic E-state index is 10.3. The number of ether oxygens (including phenoxy) is 1. The topological polar surface area (TPSA) is 55.4 Å². The van der Waals surface area contributed by atoms with Crippen LogP contribution in [0.3, 0.4) is 0 Å². The number of alkyl carbamates (subject to hydrolysis) is 1. The number of hydrogen-bond donors (Lipinski definition) is 1. The van der Waals surface area contributed by atoms with Crippen LogP contribution in [0, 0.1) is 0 Å². The Labute approximate surface area is 52.2 Å². The number of nitrogens with one attached hydrogen (secondary N) is 1. The third-order valence-corrected chi connectivity index (χ3v) is 1.12. The van der Waals surface area contributed by atoms with Gasteiger partial charge in [0.2, 0.25) is 0 Å². The maximum Gasteiger partial charge on any atom is 0.407 e. The molecule has 0 spiro atoms. The van der Waals surface area contributed by atoms with E-state index >= 15 is 0 Å². The standard InChI is InChI=1S/C5H7NO3/c7-2-1-4-3-9-5(8)6-4/h2,4H,1,3H2,(H,6,8). The van der Waals surface area contributed by atoms with Crippen LogP contribution in [0.2, 0.25) is 0 Å². The van der Waals surface area contributed by atoms with E-state index in [9.17, 15) is 9.59 Å². The fraction of sp³-hybridized carbons (Fsp3) is 0.600. The number of amides is 1. The Bertz CT molecular complexity index is 134. The fourth-order valence-corrected chi connectivity index (χ4v) is 0.669. The molecular formula is C5H7NO3. The molecule has 1 aliphatic rings. The smallest absolute Gasteiger partial charge is 0.407 e. The summed E-state index contributed by atoms with van der Waals surface area (Å²) in [6, 6.07) is -0.102. The molecule has 4 nitrogen and oxygen atoms in total. The van der Waals surface area contributed by atoms with E-state index < -0.39 is 6.09 Å². The van der Waals surface area contributed by atoms with Crippen molar-refractivity contribution in [3.8, 4) is 0 Å². The van der Waals surface area contributed by atoms with Crippen LogP contribution in [0.4, 0.5) is 4.79 Å². The van der Waals surface area contributed by atoms with E-state index in [-0.39, 0.29) is 6.04 Å². The molecule has 4 heteroatoms. The van der Waals surface area contributed by atoms with Crippen molar-refractivity contribution in [3.05, 3.63) is 0 Å². The average Bonchev–Trinajstić information content (AvgIpc) is 2.17. The molecule has 0 aromatic carbocycles. The predicted molar refractivity (Wildman–Crippen MR) is 29.0 cm³/mol. The van der Waals surface area contributed by atoms with Gasteiger partial charge in [-0.05, 0) is 0 Å². The molecule has 1 saturated heterocycles. The highest BCUT2D eigenvalue weighted by atomic mass is 16.6. The van der Waals surface area contributed by atoms with Crippen LogP contribution in [0.15, 0.2) is 0 Å². The summed E-state index contributed by atoms with van der Waals surface area (Å²) in [4.78, 5) is 20.1. The van der Waals surface area contributed by atoms with Gasteiger partial charge in [0.15, 0.2) is 0 Å². The second-order valence-corrected chi connectivity index (χ2v) is 1.84. The lowest BCUT2D eigenvalue weighted by Gasteiger charge is -1.97. The number of rotatable bonds is 2. The number of carbonyl (C=O) groups is 2. The number of aldehydes is 1. The minimum Gasteiger partial charge on any atom is -0.447 e. The number of carbonyl (C=O) groups excluding carboxylic acids is 2. The first-order chi connectivity index (χ1) is 4.33. The Morgan fingerprint density at radius 1 is 1.89 bits per heavy atom. The molecule has 0 bridgehead atoms. The van der Waals surface area contributed by atoms with Gasteiger partial charge in [-0.3, -0.25) is 0 Å². The van der Waals surface area contributed by atoms with Crippen LogP contribution in [-0.4, -0.2) is 25.0 Å². The lowest BCUT2D eigenvalue weighted by molar-refractivity contribution is -0.108. The summed E-state index contributed by atoms with van der Waals surface area (Å²) in [5, 5.41) is 2.46. The Morgan fingerprint density at radius 3 is 3.11 bits per heavy atom. The van der Waals surface area contributed by atoms with Crippen LogP contribution in [-0.2, 0) is 9.53 Å². The minimum atomic E-state index is -0.429. The Morgan fingerprint density at radius 2 is 2.67 bits per heavy atom. The van der Waals surface area contributed by atoms with Gasteiger partial charge in [0, 0.05) is 6.42 Å². The highest BCUT2D eigenvalue weighted by molar-refractivity contribution is 5.70. The first kappa shape index (κ1) is 6.07. The van der Waals surface area contributed by atoms with Crippen LogP contribution >= 0.6 is 0 Å². The normalized spacial score (nSPS) is 24.9. The second-order valence-electron chi connectivity index (χ2n) is 1.84. The molecule has 50 valence electrons. The monoisotopic (exact) mass is 129 g/mol. The third-order valence-electron chi connectivity index (χ3n) is 1.12. The van der Waals surface area contributed by atoms with Crippen molar-refractivity contribution < 1.29 is 14.3 Å². The van der Waals surface area contributed by atoms with Crippen LogP contribution < -0.4 is 5.32 Å². The lowest BCUT2D eigenvalue weighted by atomic mass is 10.2. The zero-order valence-corrected chi connectivity index (χ0v) is 4.79. The van der Waals surface area contributed by atoms with E-state index in [1.165, 1.54) is 0 Å². The quantitative estimate of drug-likeness (QED) is 0.520. The van der Waals surface area contributed by atoms with E-state index in [2.05, 4.69) is 10.1 Å². The summed E-state index contributed by atoms with van der Waals surface area (Å²) >= 11 is 0. The molecular weight excluding hydrogens is 122 g/mol. The van der Waals surface area contributed by atoms with Crippen molar-refractivity contribution >= 4 is 12.4 Å². The molecule has 0 aliphatic carbocycles. The summed E-state index contributed by atoms with van der Waals surface area (Å²) < 4.78 is 4.51. The highest BCUT2D eigenvalue weighted by Gasteiger charge is 2.20. The van der Waals surface area contributed by atoms with E-state index in [1.54, 1.807) is 0 Å². The first-order valence-electron chi connectivity index (χ1n) is 2.70. The van der Waals surface area contributed by atoms with Gasteiger partial charge < -0.3 is 14.8 Å². The van der Waals surface area contributed by atoms with Gasteiger partial charge in [-0.2, -0.15) is 0 Å². The zero-order valence-electron chi connectivity index (χ0n) is 4.79. The molecule has 1 fully saturated rings. The van der Waals surface area contributed by atoms with Gasteiger partial charge in [0.1, 0.15) is 12.9 Å². The first-order valence-corrected chi connectivity index (χ1v) is 2.70. The van der Waals surface area contributed by atoms with Gasteiger partial charge in [-0.15, -0.1) is 0 Å². The van der Waals surface area contributed by atoms with Gasteiger partial charge in [-0.1, -0.05) is 0 Å². The molecule has 0 aromatic rings. The average molecular weight is 129 g/mol. The molecule has 0 saturated carbocycles. The Hall–Kier alpha value is -1.06. The third kappa shape index (κ3) is 1.42. The van der Waals surface area contributed by atoms with Gasteiger partial charge in [-0.25, -0.2) is 4.79 Å². The summed E-state index contributed by atoms with van der Waals surface area (Å²) in [6.07, 6.45) is 0.674. The second kappa shape index (κ2) is 2.48. The predicted octanol–water partition coefficient (Wildman–Crippen LogP) is -0.316. The van der Waals surface area contributed by atoms with Gasteiger partial charge >= 0.3 is 6.09 Å². The number of cyclic esters (lactones) is 1. The SMILES string of the molecule is O=CCC1COC(=O)N1. The van der Waals surface area contributed by atoms with Crippen LogP contribution in [0.5, 0.6) is 0 Å². The van der Waals surface area contributed by atoms with Crippen LogP contribution in [0.25, 0.3) is 0 Å². The Balaban J connectivity index is 2.29. The minimum absolute atomic E-state index is 0.102. The fourth-order valence-electron chi connectivity index (χ4n) is 0.669. The van der Waals surface area contributed by atoms with Gasteiger partial charge in [0.05, 0.1) is 6.04 Å². The molecule has 9 heavy (non-hydrogen) atoms. The van der Waals surface area contributed by atoms with Crippen molar-refractivity contribution in [1.29, 1.82) is 0 Å². The summed E-state index contributed by atoms with van der Waals surface area (Å²) in [7, 11) is 0. The molecule has 1 rings (SSSR count). The molecule has 1 amide bonds. The van der Waals surface area contributed by atoms with E-state index in [0.717, 1.165) is 6.29 Å². The van der Waals surface area contributed by atoms with Crippen molar-refractivity contribution in [2.24, 2.45) is 0 Å².